The second kappa shape index (κ2) is 7.62. The second-order valence-electron chi connectivity index (χ2n) is 6.08. The molecule has 1 aliphatic heterocycles. The molecule has 2 rings (SSSR count). The number of piperidine rings is 1. The molecule has 0 spiro atoms. The third-order valence-electron chi connectivity index (χ3n) is 4.42. The van der Waals surface area contributed by atoms with Crippen LogP contribution in [0.2, 0.25) is 0 Å². The Morgan fingerprint density at radius 2 is 2.05 bits per heavy atom. The third-order valence-corrected chi connectivity index (χ3v) is 4.42. The molecule has 1 unspecified atom stereocenters. The number of nitrogens with zero attached hydrogens (tertiary/aromatic N) is 3. The first-order valence-corrected chi connectivity index (χ1v) is 8.55. The van der Waals surface area contributed by atoms with Crippen LogP contribution in [0.1, 0.15) is 57.8 Å². The summed E-state index contributed by atoms with van der Waals surface area (Å²) in [6.07, 6.45) is 5.91. The van der Waals surface area contributed by atoms with Gasteiger partial charge in [0, 0.05) is 31.6 Å². The third kappa shape index (κ3) is 3.86. The molecule has 1 atom stereocenters. The fourth-order valence-corrected chi connectivity index (χ4v) is 3.02. The maximum atomic E-state index is 4.83. The molecule has 0 amide bonds. The lowest BCUT2D eigenvalue weighted by Gasteiger charge is -2.34. The molecule has 1 N–H and O–H groups in total. The standard InChI is InChI=1S/C17H30N4/c1-5-10-18-16-13(4)17(20-15(7-3)19-16)21-11-8-9-14(6-2)12-21/h14H,5-12H2,1-4H3,(H,18,19,20). The predicted octanol–water partition coefficient (Wildman–Crippen LogP) is 3.80. The van der Waals surface area contributed by atoms with Gasteiger partial charge in [-0.25, -0.2) is 9.97 Å². The summed E-state index contributed by atoms with van der Waals surface area (Å²) >= 11 is 0. The average Bonchev–Trinajstić information content (AvgIpc) is 2.54. The summed E-state index contributed by atoms with van der Waals surface area (Å²) in [5.41, 5.74) is 1.21. The van der Waals surface area contributed by atoms with Crippen molar-refractivity contribution in [2.75, 3.05) is 29.9 Å². The summed E-state index contributed by atoms with van der Waals surface area (Å²) in [7, 11) is 0. The van der Waals surface area contributed by atoms with E-state index in [0.29, 0.717) is 0 Å². The summed E-state index contributed by atoms with van der Waals surface area (Å²) in [6, 6.07) is 0. The molecule has 1 saturated heterocycles. The first-order valence-electron chi connectivity index (χ1n) is 8.55. The highest BCUT2D eigenvalue weighted by Crippen LogP contribution is 2.29. The molecule has 0 saturated carbocycles. The first kappa shape index (κ1) is 16.1. The molecule has 0 radical (unpaired) electrons. The van der Waals surface area contributed by atoms with Crippen molar-refractivity contribution in [1.82, 2.24) is 9.97 Å². The Morgan fingerprint density at radius 1 is 1.24 bits per heavy atom. The molecular weight excluding hydrogens is 260 g/mol. The molecule has 21 heavy (non-hydrogen) atoms. The van der Waals surface area contributed by atoms with Crippen molar-refractivity contribution in [3.05, 3.63) is 11.4 Å². The summed E-state index contributed by atoms with van der Waals surface area (Å²) in [6.45, 7) is 12.0. The molecule has 0 aliphatic carbocycles. The van der Waals surface area contributed by atoms with Crippen LogP contribution < -0.4 is 10.2 Å². The number of aryl methyl sites for hydroxylation is 1. The molecule has 118 valence electrons. The number of nitrogens with one attached hydrogen (secondary N) is 1. The highest BCUT2D eigenvalue weighted by Gasteiger charge is 2.22. The van der Waals surface area contributed by atoms with Gasteiger partial charge in [-0.1, -0.05) is 27.2 Å². The van der Waals surface area contributed by atoms with Gasteiger partial charge in [0.05, 0.1) is 0 Å². The minimum Gasteiger partial charge on any atom is -0.370 e. The SMILES string of the molecule is CCCNc1nc(CC)nc(N2CCCC(CC)C2)c1C. The summed E-state index contributed by atoms with van der Waals surface area (Å²) in [4.78, 5) is 12.0. The van der Waals surface area contributed by atoms with Crippen LogP contribution in [0.4, 0.5) is 11.6 Å². The summed E-state index contributed by atoms with van der Waals surface area (Å²) in [5, 5.41) is 3.46. The molecule has 1 aliphatic rings. The van der Waals surface area contributed by atoms with E-state index >= 15 is 0 Å². The van der Waals surface area contributed by atoms with E-state index in [1.165, 1.54) is 24.8 Å². The van der Waals surface area contributed by atoms with Gasteiger partial charge in [0.2, 0.25) is 0 Å². The number of anilines is 2. The van der Waals surface area contributed by atoms with Gasteiger partial charge < -0.3 is 10.2 Å². The van der Waals surface area contributed by atoms with Crippen LogP contribution in [-0.4, -0.2) is 29.6 Å². The Hall–Kier alpha value is -1.32. The molecule has 2 heterocycles. The molecular formula is C17H30N4. The number of aromatic nitrogens is 2. The Balaban J connectivity index is 2.28. The fourth-order valence-electron chi connectivity index (χ4n) is 3.02. The van der Waals surface area contributed by atoms with Gasteiger partial charge in [0.25, 0.3) is 0 Å². The Morgan fingerprint density at radius 3 is 2.71 bits per heavy atom. The largest absolute Gasteiger partial charge is 0.370 e. The molecule has 1 fully saturated rings. The van der Waals surface area contributed by atoms with E-state index in [1.807, 2.05) is 0 Å². The zero-order valence-corrected chi connectivity index (χ0v) is 14.1. The van der Waals surface area contributed by atoms with Crippen molar-refractivity contribution in [3.8, 4) is 0 Å². The highest BCUT2D eigenvalue weighted by atomic mass is 15.2. The van der Waals surface area contributed by atoms with E-state index in [0.717, 1.165) is 55.9 Å². The molecule has 1 aromatic rings. The molecule has 4 heteroatoms. The maximum Gasteiger partial charge on any atom is 0.137 e. The smallest absolute Gasteiger partial charge is 0.137 e. The minimum absolute atomic E-state index is 0.810. The van der Waals surface area contributed by atoms with Crippen molar-refractivity contribution >= 4 is 11.6 Å². The summed E-state index contributed by atoms with van der Waals surface area (Å²) in [5.74, 6) is 3.94. The number of rotatable bonds is 6. The normalized spacial score (nSPS) is 18.9. The zero-order chi connectivity index (χ0) is 15.2. The van der Waals surface area contributed by atoms with Crippen molar-refractivity contribution in [2.45, 2.75) is 59.8 Å². The van der Waals surface area contributed by atoms with Gasteiger partial charge in [-0.3, -0.25) is 0 Å². The maximum absolute atomic E-state index is 4.83. The van der Waals surface area contributed by atoms with Crippen molar-refractivity contribution in [3.63, 3.8) is 0 Å². The quantitative estimate of drug-likeness (QED) is 0.865. The monoisotopic (exact) mass is 290 g/mol. The molecule has 4 nitrogen and oxygen atoms in total. The van der Waals surface area contributed by atoms with Gasteiger partial charge in [-0.15, -0.1) is 0 Å². The van der Waals surface area contributed by atoms with E-state index in [4.69, 9.17) is 4.98 Å². The Kier molecular flexibility index (Phi) is 5.83. The van der Waals surface area contributed by atoms with Gasteiger partial charge in [-0.05, 0) is 32.1 Å². The van der Waals surface area contributed by atoms with Gasteiger partial charge in [-0.2, -0.15) is 0 Å². The lowest BCUT2D eigenvalue weighted by atomic mass is 9.95. The zero-order valence-electron chi connectivity index (χ0n) is 14.1. The Labute approximate surface area is 129 Å². The molecule has 0 aromatic carbocycles. The van der Waals surface area contributed by atoms with Gasteiger partial charge in [0.15, 0.2) is 0 Å². The van der Waals surface area contributed by atoms with Crippen LogP contribution in [0.5, 0.6) is 0 Å². The van der Waals surface area contributed by atoms with E-state index in [1.54, 1.807) is 0 Å². The van der Waals surface area contributed by atoms with E-state index in [-0.39, 0.29) is 0 Å². The number of hydrogen-bond acceptors (Lipinski definition) is 4. The first-order chi connectivity index (χ1) is 10.2. The van der Waals surface area contributed by atoms with Crippen LogP contribution in [0.15, 0.2) is 0 Å². The average molecular weight is 290 g/mol. The molecule has 0 bridgehead atoms. The van der Waals surface area contributed by atoms with Crippen molar-refractivity contribution in [2.24, 2.45) is 5.92 Å². The van der Waals surface area contributed by atoms with Crippen LogP contribution in [0, 0.1) is 12.8 Å². The number of hydrogen-bond donors (Lipinski definition) is 1. The fraction of sp³-hybridized carbons (Fsp3) is 0.765. The second-order valence-corrected chi connectivity index (χ2v) is 6.08. The summed E-state index contributed by atoms with van der Waals surface area (Å²) < 4.78 is 0. The predicted molar refractivity (Wildman–Crippen MR) is 90.2 cm³/mol. The van der Waals surface area contributed by atoms with Crippen LogP contribution in [-0.2, 0) is 6.42 Å². The van der Waals surface area contributed by atoms with E-state index in [2.05, 4.69) is 42.9 Å². The lowest BCUT2D eigenvalue weighted by molar-refractivity contribution is 0.402. The van der Waals surface area contributed by atoms with Gasteiger partial charge >= 0.3 is 0 Å². The van der Waals surface area contributed by atoms with Crippen molar-refractivity contribution in [1.29, 1.82) is 0 Å². The van der Waals surface area contributed by atoms with Crippen molar-refractivity contribution < 1.29 is 0 Å². The van der Waals surface area contributed by atoms with Gasteiger partial charge in [0.1, 0.15) is 17.5 Å². The van der Waals surface area contributed by atoms with Crippen LogP contribution >= 0.6 is 0 Å². The highest BCUT2D eigenvalue weighted by molar-refractivity contribution is 5.59. The van der Waals surface area contributed by atoms with E-state index in [9.17, 15) is 0 Å². The minimum atomic E-state index is 0.810. The lowest BCUT2D eigenvalue weighted by Crippen LogP contribution is -2.36. The topological polar surface area (TPSA) is 41.1 Å². The van der Waals surface area contributed by atoms with Crippen LogP contribution in [0.25, 0.3) is 0 Å². The van der Waals surface area contributed by atoms with Crippen LogP contribution in [0.3, 0.4) is 0 Å². The Bertz CT molecular complexity index is 458. The van der Waals surface area contributed by atoms with E-state index < -0.39 is 0 Å². The molecule has 1 aromatic heterocycles.